The summed E-state index contributed by atoms with van der Waals surface area (Å²) >= 11 is 1.32. The van der Waals surface area contributed by atoms with Crippen LogP contribution in [0, 0.1) is 0 Å². The Bertz CT molecular complexity index is 901. The van der Waals surface area contributed by atoms with Crippen molar-refractivity contribution in [2.24, 2.45) is 0 Å². The van der Waals surface area contributed by atoms with Crippen molar-refractivity contribution in [1.82, 2.24) is 15.2 Å². The zero-order chi connectivity index (χ0) is 19.2. The summed E-state index contributed by atoms with van der Waals surface area (Å²) in [6.07, 6.45) is 3.91. The lowest BCUT2D eigenvalue weighted by Crippen LogP contribution is -2.30. The van der Waals surface area contributed by atoms with Gasteiger partial charge in [-0.2, -0.15) is 0 Å². The molecular formula is C22H25N3O2S. The second-order valence-corrected chi connectivity index (χ2v) is 8.05. The highest BCUT2D eigenvalue weighted by atomic mass is 32.2. The van der Waals surface area contributed by atoms with E-state index in [2.05, 4.69) is 33.4 Å². The molecule has 0 spiro atoms. The Morgan fingerprint density at radius 2 is 1.79 bits per heavy atom. The summed E-state index contributed by atoms with van der Waals surface area (Å²) in [5.74, 6) is 0.279. The normalized spacial score (nSPS) is 15.0. The highest BCUT2D eigenvalue weighted by Gasteiger charge is 2.13. The molecule has 0 atom stereocenters. The van der Waals surface area contributed by atoms with E-state index in [0.717, 1.165) is 17.6 Å². The van der Waals surface area contributed by atoms with Crippen LogP contribution in [0.4, 0.5) is 0 Å². The van der Waals surface area contributed by atoms with E-state index < -0.39 is 0 Å². The Kier molecular flexibility index (Phi) is 6.29. The number of benzene rings is 2. The largest absolute Gasteiger partial charge is 0.431 e. The fourth-order valence-corrected chi connectivity index (χ4v) is 4.20. The van der Waals surface area contributed by atoms with Gasteiger partial charge in [0.15, 0.2) is 5.58 Å². The average Bonchev–Trinajstić information content (AvgIpc) is 3.15. The van der Waals surface area contributed by atoms with Crippen LogP contribution in [0.25, 0.3) is 11.1 Å². The van der Waals surface area contributed by atoms with E-state index in [4.69, 9.17) is 4.42 Å². The van der Waals surface area contributed by atoms with E-state index in [1.165, 1.54) is 55.2 Å². The number of hydrogen-bond donors (Lipinski definition) is 1. The van der Waals surface area contributed by atoms with Crippen molar-refractivity contribution in [2.45, 2.75) is 37.6 Å². The molecule has 0 bridgehead atoms. The van der Waals surface area contributed by atoms with Crippen LogP contribution in [-0.2, 0) is 17.9 Å². The first-order chi connectivity index (χ1) is 13.8. The third kappa shape index (κ3) is 4.94. The molecule has 1 N–H and O–H groups in total. The van der Waals surface area contributed by atoms with Crippen molar-refractivity contribution < 1.29 is 9.21 Å². The molecule has 1 saturated heterocycles. The third-order valence-corrected chi connectivity index (χ3v) is 5.87. The average molecular weight is 396 g/mol. The molecule has 4 rings (SSSR count). The lowest BCUT2D eigenvalue weighted by atomic mass is 10.0. The number of hydrogen-bond acceptors (Lipinski definition) is 5. The lowest BCUT2D eigenvalue weighted by molar-refractivity contribution is -0.118. The second-order valence-electron chi connectivity index (χ2n) is 7.12. The molecule has 1 fully saturated rings. The van der Waals surface area contributed by atoms with Gasteiger partial charge < -0.3 is 9.73 Å². The minimum atomic E-state index is -0.0139. The summed E-state index contributed by atoms with van der Waals surface area (Å²) in [4.78, 5) is 19.2. The maximum Gasteiger partial charge on any atom is 0.257 e. The summed E-state index contributed by atoms with van der Waals surface area (Å²) in [5, 5.41) is 3.56. The molecule has 6 heteroatoms. The van der Waals surface area contributed by atoms with Gasteiger partial charge in [-0.05, 0) is 49.2 Å². The fraction of sp³-hybridized carbons (Fsp3) is 0.364. The Balaban J connectivity index is 1.29. The molecule has 2 heterocycles. The van der Waals surface area contributed by atoms with Crippen LogP contribution < -0.4 is 5.32 Å². The van der Waals surface area contributed by atoms with E-state index in [1.807, 2.05) is 30.3 Å². The second kappa shape index (κ2) is 9.26. The summed E-state index contributed by atoms with van der Waals surface area (Å²) in [7, 11) is 0. The monoisotopic (exact) mass is 395 g/mol. The predicted molar refractivity (Wildman–Crippen MR) is 112 cm³/mol. The molecule has 1 aliphatic heterocycles. The Morgan fingerprint density at radius 3 is 2.61 bits per heavy atom. The van der Waals surface area contributed by atoms with E-state index >= 15 is 0 Å². The van der Waals surface area contributed by atoms with Crippen LogP contribution in [0.3, 0.4) is 0 Å². The number of piperidine rings is 1. The lowest BCUT2D eigenvalue weighted by Gasteiger charge is -2.27. The Labute approximate surface area is 169 Å². The molecule has 0 saturated carbocycles. The molecule has 3 aromatic rings. The quantitative estimate of drug-likeness (QED) is 0.607. The summed E-state index contributed by atoms with van der Waals surface area (Å²) in [5.41, 5.74) is 4.05. The van der Waals surface area contributed by atoms with Crippen molar-refractivity contribution in [3.63, 3.8) is 0 Å². The molecule has 0 aliphatic carbocycles. The molecule has 5 nitrogen and oxygen atoms in total. The van der Waals surface area contributed by atoms with Crippen LogP contribution in [0.5, 0.6) is 0 Å². The molecule has 0 radical (unpaired) electrons. The van der Waals surface area contributed by atoms with E-state index in [1.54, 1.807) is 0 Å². The van der Waals surface area contributed by atoms with Crippen molar-refractivity contribution in [1.29, 1.82) is 0 Å². The third-order valence-electron chi connectivity index (χ3n) is 5.04. The molecule has 2 aromatic carbocycles. The summed E-state index contributed by atoms with van der Waals surface area (Å²) in [6, 6.07) is 16.0. The molecule has 1 aliphatic rings. The molecule has 0 unspecified atom stereocenters. The van der Waals surface area contributed by atoms with Gasteiger partial charge in [0.05, 0.1) is 5.75 Å². The molecule has 1 aromatic heterocycles. The number of nitrogens with zero attached hydrogens (tertiary/aromatic N) is 2. The van der Waals surface area contributed by atoms with Crippen molar-refractivity contribution in [3.05, 3.63) is 59.7 Å². The van der Waals surface area contributed by atoms with Gasteiger partial charge in [0, 0.05) is 13.1 Å². The SMILES string of the molecule is O=C(CSc1nc2ccccc2o1)NCc1ccccc1CN1CCCCC1. The van der Waals surface area contributed by atoms with Crippen LogP contribution >= 0.6 is 11.8 Å². The molecule has 1 amide bonds. The van der Waals surface area contributed by atoms with E-state index in [0.29, 0.717) is 17.5 Å². The summed E-state index contributed by atoms with van der Waals surface area (Å²) in [6.45, 7) is 3.85. The standard InChI is InChI=1S/C22H25N3O2S/c26-21(16-28-22-24-19-10-4-5-11-20(19)27-22)23-14-17-8-2-3-9-18(17)15-25-12-6-1-7-13-25/h2-5,8-11H,1,6-7,12-16H2,(H,23,26). The van der Waals surface area contributed by atoms with Crippen molar-refractivity contribution in [3.8, 4) is 0 Å². The topological polar surface area (TPSA) is 58.4 Å². The molecule has 146 valence electrons. The van der Waals surface area contributed by atoms with Gasteiger partial charge in [0.25, 0.3) is 5.22 Å². The number of thioether (sulfide) groups is 1. The van der Waals surface area contributed by atoms with Gasteiger partial charge in [-0.3, -0.25) is 9.69 Å². The number of para-hydroxylation sites is 2. The van der Waals surface area contributed by atoms with Crippen LogP contribution in [0.1, 0.15) is 30.4 Å². The first-order valence-corrected chi connectivity index (χ1v) is 10.8. The number of fused-ring (bicyclic) bond motifs is 1. The highest BCUT2D eigenvalue weighted by Crippen LogP contribution is 2.23. The van der Waals surface area contributed by atoms with Gasteiger partial charge in [-0.15, -0.1) is 0 Å². The number of carbonyl (C=O) groups is 1. The van der Waals surface area contributed by atoms with Gasteiger partial charge in [-0.25, -0.2) is 4.98 Å². The number of amides is 1. The maximum atomic E-state index is 12.3. The van der Waals surface area contributed by atoms with Gasteiger partial charge in [0.1, 0.15) is 5.52 Å². The highest BCUT2D eigenvalue weighted by molar-refractivity contribution is 7.99. The Morgan fingerprint density at radius 1 is 1.04 bits per heavy atom. The smallest absolute Gasteiger partial charge is 0.257 e. The summed E-state index contributed by atoms with van der Waals surface area (Å²) < 4.78 is 5.65. The van der Waals surface area contributed by atoms with Crippen molar-refractivity contribution in [2.75, 3.05) is 18.8 Å². The minimum absolute atomic E-state index is 0.0139. The predicted octanol–water partition coefficient (Wildman–Crippen LogP) is 4.22. The Hall–Kier alpha value is -2.31. The van der Waals surface area contributed by atoms with Gasteiger partial charge >= 0.3 is 0 Å². The van der Waals surface area contributed by atoms with E-state index in [9.17, 15) is 4.79 Å². The maximum absolute atomic E-state index is 12.3. The number of nitrogens with one attached hydrogen (secondary N) is 1. The number of oxazole rings is 1. The van der Waals surface area contributed by atoms with Gasteiger partial charge in [-0.1, -0.05) is 54.6 Å². The zero-order valence-electron chi connectivity index (χ0n) is 15.9. The van der Waals surface area contributed by atoms with Gasteiger partial charge in [0.2, 0.25) is 5.91 Å². The number of likely N-dealkylation sites (tertiary alicyclic amines) is 1. The van der Waals surface area contributed by atoms with E-state index in [-0.39, 0.29) is 5.91 Å². The number of aromatic nitrogens is 1. The van der Waals surface area contributed by atoms with Crippen molar-refractivity contribution >= 4 is 28.8 Å². The van der Waals surface area contributed by atoms with Crippen LogP contribution in [-0.4, -0.2) is 34.6 Å². The minimum Gasteiger partial charge on any atom is -0.431 e. The molecule has 28 heavy (non-hydrogen) atoms. The first kappa shape index (κ1) is 19.0. The molecular weight excluding hydrogens is 370 g/mol. The first-order valence-electron chi connectivity index (χ1n) is 9.82. The fourth-order valence-electron chi connectivity index (χ4n) is 3.53. The zero-order valence-corrected chi connectivity index (χ0v) is 16.7. The number of carbonyl (C=O) groups excluding carboxylic acids is 1. The van der Waals surface area contributed by atoms with Crippen LogP contribution in [0.15, 0.2) is 58.2 Å². The number of rotatable bonds is 7. The van der Waals surface area contributed by atoms with Crippen LogP contribution in [0.2, 0.25) is 0 Å².